The van der Waals surface area contributed by atoms with Gasteiger partial charge in [-0.1, -0.05) is 44.9 Å². The zero-order valence-corrected chi connectivity index (χ0v) is 14.8. The third-order valence-electron chi connectivity index (χ3n) is 4.48. The number of carbonyl (C=O) groups excluding carboxylic acids is 1. The molecule has 1 N–H and O–H groups in total. The standard InChI is InChI=1S/C18H25N5O2/c1-13(2)6-5-7-14-12-23(10-11-25-14)18(24)16-9-4-3-8-15(16)17-19-21-22-20-17/h3-4,8-9,13-14H,5-7,10-12H2,1-2H3,(H,19,20,21,22)/t14-/m0/s1. The van der Waals surface area contributed by atoms with Crippen LogP contribution in [0.25, 0.3) is 11.4 Å². The molecule has 1 aliphatic heterocycles. The van der Waals surface area contributed by atoms with Crippen molar-refractivity contribution in [1.29, 1.82) is 0 Å². The lowest BCUT2D eigenvalue weighted by Gasteiger charge is -2.33. The van der Waals surface area contributed by atoms with Gasteiger partial charge in [0.15, 0.2) is 0 Å². The minimum Gasteiger partial charge on any atom is -0.375 e. The number of nitrogens with one attached hydrogen (secondary N) is 1. The third-order valence-corrected chi connectivity index (χ3v) is 4.48. The predicted octanol–water partition coefficient (Wildman–Crippen LogP) is 2.53. The quantitative estimate of drug-likeness (QED) is 0.871. The van der Waals surface area contributed by atoms with Gasteiger partial charge in [0, 0.05) is 18.7 Å². The first-order chi connectivity index (χ1) is 12.1. The van der Waals surface area contributed by atoms with Gasteiger partial charge in [0.1, 0.15) is 0 Å². The number of aromatic nitrogens is 4. The minimum absolute atomic E-state index is 0.00226. The van der Waals surface area contributed by atoms with Crippen molar-refractivity contribution in [3.8, 4) is 11.4 Å². The molecule has 0 aliphatic carbocycles. The summed E-state index contributed by atoms with van der Waals surface area (Å²) < 4.78 is 5.84. The van der Waals surface area contributed by atoms with Crippen LogP contribution in [0.1, 0.15) is 43.5 Å². The first kappa shape index (κ1) is 17.5. The fraction of sp³-hybridized carbons (Fsp3) is 0.556. The van der Waals surface area contributed by atoms with Crippen LogP contribution < -0.4 is 0 Å². The summed E-state index contributed by atoms with van der Waals surface area (Å²) in [4.78, 5) is 14.9. The number of nitrogens with zero attached hydrogens (tertiary/aromatic N) is 4. The van der Waals surface area contributed by atoms with Crippen LogP contribution >= 0.6 is 0 Å². The van der Waals surface area contributed by atoms with Gasteiger partial charge in [0.05, 0.1) is 18.3 Å². The molecular formula is C18H25N5O2. The number of rotatable bonds is 6. The van der Waals surface area contributed by atoms with Crippen LogP contribution in [0.5, 0.6) is 0 Å². The number of H-pyrrole nitrogens is 1. The van der Waals surface area contributed by atoms with E-state index in [0.717, 1.165) is 12.8 Å². The van der Waals surface area contributed by atoms with E-state index in [2.05, 4.69) is 34.5 Å². The van der Waals surface area contributed by atoms with Gasteiger partial charge in [-0.2, -0.15) is 5.21 Å². The fourth-order valence-electron chi connectivity index (χ4n) is 3.14. The number of hydrogen-bond donors (Lipinski definition) is 1. The molecule has 0 saturated carbocycles. The molecule has 134 valence electrons. The Morgan fingerprint density at radius 3 is 3.00 bits per heavy atom. The molecule has 2 heterocycles. The average Bonchev–Trinajstić information content (AvgIpc) is 3.15. The van der Waals surface area contributed by atoms with Crippen LogP contribution in [0.2, 0.25) is 0 Å². The molecule has 1 aromatic heterocycles. The number of benzene rings is 1. The minimum atomic E-state index is -0.00226. The number of tetrazole rings is 1. The average molecular weight is 343 g/mol. The Morgan fingerprint density at radius 1 is 1.40 bits per heavy atom. The van der Waals surface area contributed by atoms with Crippen LogP contribution in [0.15, 0.2) is 24.3 Å². The van der Waals surface area contributed by atoms with Crippen molar-refractivity contribution in [3.63, 3.8) is 0 Å². The summed E-state index contributed by atoms with van der Waals surface area (Å²) in [7, 11) is 0. The zero-order valence-electron chi connectivity index (χ0n) is 14.8. The van der Waals surface area contributed by atoms with Gasteiger partial charge in [-0.15, -0.1) is 10.2 Å². The molecule has 1 aliphatic rings. The maximum atomic E-state index is 13.0. The third kappa shape index (κ3) is 4.42. The number of aromatic amines is 1. The Morgan fingerprint density at radius 2 is 2.24 bits per heavy atom. The summed E-state index contributed by atoms with van der Waals surface area (Å²) in [5, 5.41) is 14.0. The molecule has 1 saturated heterocycles. The largest absolute Gasteiger partial charge is 0.375 e. The van der Waals surface area contributed by atoms with Crippen molar-refractivity contribution in [3.05, 3.63) is 29.8 Å². The lowest BCUT2D eigenvalue weighted by atomic mass is 10.0. The predicted molar refractivity (Wildman–Crippen MR) is 93.9 cm³/mol. The van der Waals surface area contributed by atoms with E-state index in [9.17, 15) is 4.79 Å². The smallest absolute Gasteiger partial charge is 0.254 e. The molecule has 7 nitrogen and oxygen atoms in total. The van der Waals surface area contributed by atoms with Crippen molar-refractivity contribution in [2.75, 3.05) is 19.7 Å². The molecular weight excluding hydrogens is 318 g/mol. The zero-order chi connectivity index (χ0) is 17.6. The van der Waals surface area contributed by atoms with E-state index in [1.807, 2.05) is 29.2 Å². The second-order valence-electron chi connectivity index (χ2n) is 6.85. The van der Waals surface area contributed by atoms with E-state index < -0.39 is 0 Å². The SMILES string of the molecule is CC(C)CCC[C@H]1CN(C(=O)c2ccccc2-c2nn[nH]n2)CCO1. The van der Waals surface area contributed by atoms with E-state index in [1.54, 1.807) is 0 Å². The normalized spacial score (nSPS) is 17.9. The molecule has 0 bridgehead atoms. The Balaban J connectivity index is 1.69. The first-order valence-electron chi connectivity index (χ1n) is 8.89. The van der Waals surface area contributed by atoms with Gasteiger partial charge in [0.2, 0.25) is 5.82 Å². The van der Waals surface area contributed by atoms with Crippen LogP contribution in [-0.2, 0) is 4.74 Å². The number of carbonyl (C=O) groups is 1. The molecule has 1 amide bonds. The summed E-state index contributed by atoms with van der Waals surface area (Å²) in [6.07, 6.45) is 3.43. The second kappa shape index (κ2) is 8.20. The molecule has 1 aromatic carbocycles. The van der Waals surface area contributed by atoms with Crippen molar-refractivity contribution in [2.45, 2.75) is 39.2 Å². The van der Waals surface area contributed by atoms with Crippen molar-refractivity contribution >= 4 is 5.91 Å². The Kier molecular flexibility index (Phi) is 5.75. The molecule has 0 spiro atoms. The summed E-state index contributed by atoms with van der Waals surface area (Å²) in [5.74, 6) is 1.13. The summed E-state index contributed by atoms with van der Waals surface area (Å²) in [6, 6.07) is 7.39. The van der Waals surface area contributed by atoms with Crippen LogP contribution in [0, 0.1) is 5.92 Å². The Bertz CT molecular complexity index is 687. The number of morpholine rings is 1. The number of ether oxygens (including phenoxy) is 1. The van der Waals surface area contributed by atoms with Gasteiger partial charge in [-0.3, -0.25) is 4.79 Å². The molecule has 7 heteroatoms. The molecule has 3 rings (SSSR count). The molecule has 1 atom stereocenters. The summed E-state index contributed by atoms with van der Waals surface area (Å²) in [6.45, 7) is 6.29. The second-order valence-corrected chi connectivity index (χ2v) is 6.85. The molecule has 1 fully saturated rings. The Hall–Kier alpha value is -2.28. The number of hydrogen-bond acceptors (Lipinski definition) is 5. The van der Waals surface area contributed by atoms with E-state index >= 15 is 0 Å². The van der Waals surface area contributed by atoms with Gasteiger partial charge in [0.25, 0.3) is 5.91 Å². The first-order valence-corrected chi connectivity index (χ1v) is 8.89. The maximum absolute atomic E-state index is 13.0. The van der Waals surface area contributed by atoms with Crippen LogP contribution in [0.4, 0.5) is 0 Å². The lowest BCUT2D eigenvalue weighted by molar-refractivity contribution is -0.0259. The van der Waals surface area contributed by atoms with E-state index in [1.165, 1.54) is 6.42 Å². The monoisotopic (exact) mass is 343 g/mol. The highest BCUT2D eigenvalue weighted by atomic mass is 16.5. The molecule has 2 aromatic rings. The van der Waals surface area contributed by atoms with Gasteiger partial charge >= 0.3 is 0 Å². The maximum Gasteiger partial charge on any atom is 0.254 e. The highest BCUT2D eigenvalue weighted by Gasteiger charge is 2.27. The summed E-state index contributed by atoms with van der Waals surface area (Å²) >= 11 is 0. The van der Waals surface area contributed by atoms with Crippen molar-refractivity contribution in [1.82, 2.24) is 25.5 Å². The van der Waals surface area contributed by atoms with Gasteiger partial charge in [-0.05, 0) is 23.6 Å². The summed E-state index contributed by atoms with van der Waals surface area (Å²) in [5.41, 5.74) is 1.30. The van der Waals surface area contributed by atoms with E-state index in [-0.39, 0.29) is 12.0 Å². The van der Waals surface area contributed by atoms with E-state index in [4.69, 9.17) is 4.74 Å². The molecule has 0 radical (unpaired) electrons. The van der Waals surface area contributed by atoms with Crippen LogP contribution in [-0.4, -0.2) is 57.2 Å². The highest BCUT2D eigenvalue weighted by Crippen LogP contribution is 2.22. The molecule has 25 heavy (non-hydrogen) atoms. The molecule has 0 unspecified atom stereocenters. The van der Waals surface area contributed by atoms with Gasteiger partial charge in [-0.25, -0.2) is 0 Å². The van der Waals surface area contributed by atoms with Crippen molar-refractivity contribution < 1.29 is 9.53 Å². The Labute approximate surface area is 147 Å². The highest BCUT2D eigenvalue weighted by molar-refractivity contribution is 6.00. The van der Waals surface area contributed by atoms with Gasteiger partial charge < -0.3 is 9.64 Å². The fourth-order valence-corrected chi connectivity index (χ4v) is 3.14. The van der Waals surface area contributed by atoms with Crippen molar-refractivity contribution in [2.24, 2.45) is 5.92 Å². The lowest BCUT2D eigenvalue weighted by Crippen LogP contribution is -2.45. The topological polar surface area (TPSA) is 84.0 Å². The number of amides is 1. The van der Waals surface area contributed by atoms with Crippen LogP contribution in [0.3, 0.4) is 0 Å². The van der Waals surface area contributed by atoms with E-state index in [0.29, 0.717) is 42.6 Å².